The van der Waals surface area contributed by atoms with Gasteiger partial charge in [-0.25, -0.2) is 18.8 Å². The van der Waals surface area contributed by atoms with E-state index in [1.54, 1.807) is 65.1 Å². The molecule has 13 atom stereocenters. The van der Waals surface area contributed by atoms with Crippen molar-refractivity contribution in [3.05, 3.63) is 76.9 Å². The smallest absolute Gasteiger partial charge is 0.408 e. The lowest BCUT2D eigenvalue weighted by atomic mass is 9.45. The zero-order chi connectivity index (χ0) is 48.4. The summed E-state index contributed by atoms with van der Waals surface area (Å²) in [7, 11) is 1.65. The molecule has 6 aliphatic rings. The van der Waals surface area contributed by atoms with Gasteiger partial charge in [0.05, 0.1) is 30.8 Å². The van der Waals surface area contributed by atoms with Gasteiger partial charge in [0.2, 0.25) is 0 Å². The molecule has 18 heteroatoms. The monoisotopic (exact) mass is 937 g/mol. The Morgan fingerprint density at radius 2 is 1.78 bits per heavy atom. The van der Waals surface area contributed by atoms with Gasteiger partial charge in [0.15, 0.2) is 18.0 Å². The molecule has 17 nitrogen and oxygen atoms in total. The van der Waals surface area contributed by atoms with Crippen molar-refractivity contribution in [1.29, 1.82) is 0 Å². The van der Waals surface area contributed by atoms with Gasteiger partial charge in [-0.2, -0.15) is 0 Å². The van der Waals surface area contributed by atoms with Gasteiger partial charge in [-0.05, 0) is 82.4 Å². The van der Waals surface area contributed by atoms with Crippen LogP contribution in [0.15, 0.2) is 59.8 Å². The number of carbonyl (C=O) groups is 4. The quantitative estimate of drug-likeness (QED) is 0.149. The van der Waals surface area contributed by atoms with Gasteiger partial charge in [-0.3, -0.25) is 14.7 Å². The van der Waals surface area contributed by atoms with Crippen LogP contribution in [0.3, 0.4) is 0 Å². The third kappa shape index (κ3) is 8.65. The molecule has 1 aromatic carbocycles. The fourth-order valence-corrected chi connectivity index (χ4v) is 11.8. The number of aromatic nitrogens is 1. The molecular formula is C49H64FN3O14. The number of halogens is 1. The molecule has 0 spiro atoms. The van der Waals surface area contributed by atoms with Gasteiger partial charge >= 0.3 is 24.0 Å². The standard InChI is InChI=1S/C49H64FN3O14/c1-26-31(62-43(57)37(55)36(35-30(50)16-13-20-51-35)52-44(58)67-45(3,4)5)22-49(59)41(65-42(56)28-14-11-10-12-15-28)39-47(8,19-17-32-48(39,25-61-32)66-27(2)54)40-38(34(26)46(49,6)7)63-33(64-40)23-53-21-18-29(53)24-60-9/h10-16,20,29,31-33,36-41,55,59H,17-19,21-25H2,1-9H3,(H,52,58)/t29-,31+,32-,33-,36+,37-,38-,39+,40-,41+,47-,48+,49-/m1/s1. The average Bonchev–Trinajstić information content (AvgIpc) is 3.67. The highest BCUT2D eigenvalue weighted by Gasteiger charge is 2.77. The SMILES string of the molecule is COC[C@H]1CCN1C[C@@H]1O[C@@H]2C3=C(C)[C@@H](OC(=O)[C@H](O)[C@@H](NC(=O)OC(C)(C)C)c4ncccc4F)C[C@@](O)([C@@H](OC(=O)c4ccccc4)[C@H]4[C@@](C)(CC[C@H]5OC[C@]54OC(C)=O)[C@@H]2O1)C3(C)C. The molecule has 1 aromatic heterocycles. The van der Waals surface area contributed by atoms with Gasteiger partial charge in [0.1, 0.15) is 53.2 Å². The van der Waals surface area contributed by atoms with Gasteiger partial charge in [0.25, 0.3) is 0 Å². The molecule has 4 heterocycles. The number of nitrogens with one attached hydrogen (secondary N) is 1. The first-order valence-electron chi connectivity index (χ1n) is 23.1. The molecule has 2 saturated carbocycles. The molecule has 67 heavy (non-hydrogen) atoms. The Balaban J connectivity index is 1.26. The van der Waals surface area contributed by atoms with Gasteiger partial charge in [-0.15, -0.1) is 0 Å². The molecule has 0 radical (unpaired) electrons. The third-order valence-corrected chi connectivity index (χ3v) is 15.1. The zero-order valence-corrected chi connectivity index (χ0v) is 39.6. The van der Waals surface area contributed by atoms with Crippen LogP contribution >= 0.6 is 0 Å². The van der Waals surface area contributed by atoms with Crippen LogP contribution in [0.2, 0.25) is 0 Å². The molecule has 0 unspecified atom stereocenters. The molecule has 2 bridgehead atoms. The second-order valence-electron chi connectivity index (χ2n) is 20.7. The van der Waals surface area contributed by atoms with Crippen molar-refractivity contribution < 1.29 is 71.7 Å². The van der Waals surface area contributed by atoms with Crippen molar-refractivity contribution in [2.24, 2.45) is 16.7 Å². The van der Waals surface area contributed by atoms with Crippen LogP contribution in [0, 0.1) is 22.6 Å². The predicted molar refractivity (Wildman–Crippen MR) is 234 cm³/mol. The van der Waals surface area contributed by atoms with E-state index >= 15 is 4.39 Å². The van der Waals surface area contributed by atoms with Gasteiger partial charge in [-0.1, -0.05) is 39.0 Å². The summed E-state index contributed by atoms with van der Waals surface area (Å²) in [5, 5.41) is 28.2. The Bertz CT molecular complexity index is 2260. The zero-order valence-electron chi connectivity index (χ0n) is 39.6. The number of hydrogen-bond acceptors (Lipinski definition) is 16. The minimum Gasteiger partial charge on any atom is -0.456 e. The number of amides is 1. The molecule has 1 amide bonds. The number of likely N-dealkylation sites (tertiary alicyclic amines) is 1. The number of methoxy groups -OCH3 is 1. The van der Waals surface area contributed by atoms with Gasteiger partial charge in [0, 0.05) is 56.6 Å². The number of rotatable bonds is 12. The Kier molecular flexibility index (Phi) is 13.2. The molecular weight excluding hydrogens is 874 g/mol. The Morgan fingerprint density at radius 3 is 2.39 bits per heavy atom. The second-order valence-corrected chi connectivity index (χ2v) is 20.7. The Hall–Kier alpha value is -4.56. The molecule has 3 aliphatic carbocycles. The molecule has 3 aliphatic heterocycles. The summed E-state index contributed by atoms with van der Waals surface area (Å²) in [5.74, 6) is -4.57. The minimum atomic E-state index is -2.25. The lowest BCUT2D eigenvalue weighted by molar-refractivity contribution is -0.345. The predicted octanol–water partition coefficient (Wildman–Crippen LogP) is 4.72. The van der Waals surface area contributed by atoms with Crippen molar-refractivity contribution in [2.45, 2.75) is 153 Å². The van der Waals surface area contributed by atoms with E-state index in [1.807, 2.05) is 20.8 Å². The van der Waals surface area contributed by atoms with E-state index in [4.69, 9.17) is 37.9 Å². The minimum absolute atomic E-state index is 0.0655. The number of pyridine rings is 1. The highest BCUT2D eigenvalue weighted by atomic mass is 19.1. The Morgan fingerprint density at radius 1 is 1.04 bits per heavy atom. The van der Waals surface area contributed by atoms with E-state index in [2.05, 4.69) is 15.2 Å². The summed E-state index contributed by atoms with van der Waals surface area (Å²) >= 11 is 0. The summed E-state index contributed by atoms with van der Waals surface area (Å²) < 4.78 is 65.9. The van der Waals surface area contributed by atoms with Crippen LogP contribution in [0.4, 0.5) is 9.18 Å². The number of carbonyl (C=O) groups excluding carboxylic acids is 4. The summed E-state index contributed by atoms with van der Waals surface area (Å²) in [6.07, 6.45) is -6.62. The number of aliphatic hydroxyl groups is 2. The van der Waals surface area contributed by atoms with E-state index in [0.717, 1.165) is 19.0 Å². The molecule has 8 rings (SSSR count). The van der Waals surface area contributed by atoms with E-state index in [9.17, 15) is 29.4 Å². The van der Waals surface area contributed by atoms with Crippen LogP contribution < -0.4 is 5.32 Å². The molecule has 3 saturated heterocycles. The van der Waals surface area contributed by atoms with E-state index in [-0.39, 0.29) is 18.2 Å². The number of alkyl carbamates (subject to hydrolysis) is 1. The number of esters is 3. The fraction of sp³-hybridized carbons (Fsp3) is 0.653. The average molecular weight is 938 g/mol. The molecule has 366 valence electrons. The second kappa shape index (κ2) is 18.1. The number of ether oxygens (including phenoxy) is 8. The number of benzene rings is 1. The molecule has 3 N–H and O–H groups in total. The number of nitrogens with zero attached hydrogens (tertiary/aromatic N) is 2. The van der Waals surface area contributed by atoms with Crippen molar-refractivity contribution in [3.63, 3.8) is 0 Å². The lowest BCUT2D eigenvalue weighted by Gasteiger charge is -2.68. The summed E-state index contributed by atoms with van der Waals surface area (Å²) in [5.41, 5.74) is -6.21. The van der Waals surface area contributed by atoms with Gasteiger partial charge < -0.3 is 53.4 Å². The highest BCUT2D eigenvalue weighted by Crippen LogP contribution is 2.66. The first-order valence-corrected chi connectivity index (χ1v) is 23.1. The van der Waals surface area contributed by atoms with Crippen molar-refractivity contribution in [3.8, 4) is 0 Å². The first-order chi connectivity index (χ1) is 31.5. The largest absolute Gasteiger partial charge is 0.456 e. The maximum Gasteiger partial charge on any atom is 0.408 e. The van der Waals surface area contributed by atoms with Crippen molar-refractivity contribution in [2.75, 3.05) is 33.4 Å². The van der Waals surface area contributed by atoms with Crippen LogP contribution in [0.25, 0.3) is 0 Å². The highest BCUT2D eigenvalue weighted by molar-refractivity contribution is 5.89. The fourth-order valence-electron chi connectivity index (χ4n) is 11.8. The van der Waals surface area contributed by atoms with E-state index in [1.165, 1.54) is 19.2 Å². The van der Waals surface area contributed by atoms with E-state index < -0.39 is 124 Å². The lowest BCUT2D eigenvalue weighted by Crippen LogP contribution is -2.79. The molecule has 2 aromatic rings. The van der Waals surface area contributed by atoms with Crippen molar-refractivity contribution in [1.82, 2.24) is 15.2 Å². The third-order valence-electron chi connectivity index (χ3n) is 15.1. The maximum atomic E-state index is 15.4. The first kappa shape index (κ1) is 48.9. The topological polar surface area (TPSA) is 211 Å². The number of aliphatic hydroxyl groups excluding tert-OH is 1. The summed E-state index contributed by atoms with van der Waals surface area (Å²) in [6, 6.07) is 9.04. The maximum absolute atomic E-state index is 15.4. The molecule has 5 fully saturated rings. The normalized spacial score (nSPS) is 35.1. The number of hydrogen-bond donors (Lipinski definition) is 3. The summed E-state index contributed by atoms with van der Waals surface area (Å²) in [4.78, 5) is 61.6. The number of fused-ring (bicyclic) bond motifs is 8. The summed E-state index contributed by atoms with van der Waals surface area (Å²) in [6.45, 7) is 15.1. The van der Waals surface area contributed by atoms with E-state index in [0.29, 0.717) is 37.1 Å². The van der Waals surface area contributed by atoms with Crippen LogP contribution in [-0.4, -0.2) is 143 Å². The van der Waals surface area contributed by atoms with Crippen LogP contribution in [-0.2, 0) is 47.5 Å². The van der Waals surface area contributed by atoms with Crippen LogP contribution in [0.5, 0.6) is 0 Å². The van der Waals surface area contributed by atoms with Crippen molar-refractivity contribution >= 4 is 24.0 Å². The Labute approximate surface area is 389 Å². The van der Waals surface area contributed by atoms with Crippen LogP contribution in [0.1, 0.15) is 103 Å².